The molecule has 3 nitrogen and oxygen atoms in total. The molecular weight excluding hydrogens is 256 g/mol. The van der Waals surface area contributed by atoms with Gasteiger partial charge in [-0.3, -0.25) is 0 Å². The van der Waals surface area contributed by atoms with E-state index in [-0.39, 0.29) is 0 Å². The molecule has 2 rings (SSSR count). The largest absolute Gasteiger partial charge is 0.487 e. The first kappa shape index (κ1) is 10.2. The van der Waals surface area contributed by atoms with Gasteiger partial charge in [0.05, 0.1) is 18.2 Å². The maximum atomic E-state index is 5.62. The number of aryl methyl sites for hydroxylation is 1. The quantitative estimate of drug-likeness (QED) is 0.855. The Hall–Kier alpha value is -1.29. The van der Waals surface area contributed by atoms with Crippen LogP contribution < -0.4 is 4.74 Å². The van der Waals surface area contributed by atoms with Crippen LogP contribution in [0.2, 0.25) is 0 Å². The van der Waals surface area contributed by atoms with Gasteiger partial charge in [0.1, 0.15) is 12.4 Å². The van der Waals surface area contributed by atoms with Gasteiger partial charge in [-0.05, 0) is 18.2 Å². The van der Waals surface area contributed by atoms with Crippen molar-refractivity contribution >= 4 is 15.9 Å². The standard InChI is InChI=1S/C11H11BrN2O/c1-14-8-13-6-10(14)7-15-11-4-2-3-9(12)5-11/h2-6,8H,7H2,1H3. The highest BCUT2D eigenvalue weighted by molar-refractivity contribution is 9.10. The van der Waals surface area contributed by atoms with Crippen molar-refractivity contribution in [1.29, 1.82) is 0 Å². The number of benzene rings is 1. The van der Waals surface area contributed by atoms with E-state index in [2.05, 4.69) is 20.9 Å². The lowest BCUT2D eigenvalue weighted by Gasteiger charge is -2.06. The van der Waals surface area contributed by atoms with Crippen molar-refractivity contribution < 1.29 is 4.74 Å². The Labute approximate surface area is 96.8 Å². The minimum absolute atomic E-state index is 0.535. The predicted molar refractivity (Wildman–Crippen MR) is 61.7 cm³/mol. The molecule has 0 aliphatic heterocycles. The molecule has 4 heteroatoms. The van der Waals surface area contributed by atoms with Crippen LogP contribution in [0.1, 0.15) is 5.69 Å². The third kappa shape index (κ3) is 2.59. The summed E-state index contributed by atoms with van der Waals surface area (Å²) < 4.78 is 8.58. The molecule has 0 spiro atoms. The maximum absolute atomic E-state index is 5.62. The molecule has 0 saturated carbocycles. The first-order chi connectivity index (χ1) is 7.25. The number of hydrogen-bond donors (Lipinski definition) is 0. The number of nitrogens with zero attached hydrogens (tertiary/aromatic N) is 2. The molecule has 0 fully saturated rings. The lowest BCUT2D eigenvalue weighted by molar-refractivity contribution is 0.297. The van der Waals surface area contributed by atoms with Crippen molar-refractivity contribution in [2.45, 2.75) is 6.61 Å². The number of hydrogen-bond acceptors (Lipinski definition) is 2. The fourth-order valence-corrected chi connectivity index (χ4v) is 1.62. The highest BCUT2D eigenvalue weighted by Gasteiger charge is 1.99. The van der Waals surface area contributed by atoms with E-state index < -0.39 is 0 Å². The molecule has 0 aliphatic rings. The molecule has 0 unspecified atom stereocenters. The van der Waals surface area contributed by atoms with Crippen LogP contribution in [0, 0.1) is 0 Å². The summed E-state index contributed by atoms with van der Waals surface area (Å²) >= 11 is 3.40. The molecule has 0 bridgehead atoms. The Balaban J connectivity index is 2.02. The van der Waals surface area contributed by atoms with Crippen LogP contribution in [0.5, 0.6) is 5.75 Å². The minimum Gasteiger partial charge on any atom is -0.487 e. The smallest absolute Gasteiger partial charge is 0.130 e. The van der Waals surface area contributed by atoms with Crippen molar-refractivity contribution in [3.8, 4) is 5.75 Å². The first-order valence-electron chi connectivity index (χ1n) is 4.59. The van der Waals surface area contributed by atoms with E-state index in [1.807, 2.05) is 35.9 Å². The molecule has 0 aliphatic carbocycles. The molecule has 0 saturated heterocycles. The van der Waals surface area contributed by atoms with Crippen LogP contribution in [0.4, 0.5) is 0 Å². The monoisotopic (exact) mass is 266 g/mol. The van der Waals surface area contributed by atoms with E-state index in [1.165, 1.54) is 0 Å². The fraction of sp³-hybridized carbons (Fsp3) is 0.182. The second-order valence-corrected chi connectivity index (χ2v) is 4.16. The van der Waals surface area contributed by atoms with Crippen LogP contribution in [0.25, 0.3) is 0 Å². The Morgan fingerprint density at radius 3 is 3.00 bits per heavy atom. The van der Waals surface area contributed by atoms with Gasteiger partial charge in [-0.1, -0.05) is 22.0 Å². The number of imidazole rings is 1. The second-order valence-electron chi connectivity index (χ2n) is 3.24. The average Bonchev–Trinajstić information content (AvgIpc) is 2.61. The zero-order valence-corrected chi connectivity index (χ0v) is 9.94. The maximum Gasteiger partial charge on any atom is 0.130 e. The fourth-order valence-electron chi connectivity index (χ4n) is 1.24. The number of rotatable bonds is 3. The van der Waals surface area contributed by atoms with Crippen molar-refractivity contribution in [2.24, 2.45) is 7.05 Å². The van der Waals surface area contributed by atoms with E-state index in [1.54, 1.807) is 12.5 Å². The third-order valence-electron chi connectivity index (χ3n) is 2.10. The molecule has 0 N–H and O–H groups in total. The van der Waals surface area contributed by atoms with Gasteiger partial charge in [-0.25, -0.2) is 4.98 Å². The van der Waals surface area contributed by atoms with E-state index in [0.717, 1.165) is 15.9 Å². The summed E-state index contributed by atoms with van der Waals surface area (Å²) in [5.74, 6) is 0.852. The second kappa shape index (κ2) is 4.49. The van der Waals surface area contributed by atoms with Crippen LogP contribution in [-0.2, 0) is 13.7 Å². The zero-order valence-electron chi connectivity index (χ0n) is 8.35. The lowest BCUT2D eigenvalue weighted by atomic mass is 10.3. The van der Waals surface area contributed by atoms with Crippen molar-refractivity contribution in [1.82, 2.24) is 9.55 Å². The topological polar surface area (TPSA) is 27.1 Å². The summed E-state index contributed by atoms with van der Waals surface area (Å²) in [5.41, 5.74) is 1.05. The van der Waals surface area contributed by atoms with Crippen molar-refractivity contribution in [3.63, 3.8) is 0 Å². The summed E-state index contributed by atoms with van der Waals surface area (Å²) in [6.45, 7) is 0.535. The predicted octanol–water partition coefficient (Wildman–Crippen LogP) is 2.76. The van der Waals surface area contributed by atoms with Gasteiger partial charge >= 0.3 is 0 Å². The Morgan fingerprint density at radius 1 is 1.47 bits per heavy atom. The van der Waals surface area contributed by atoms with Gasteiger partial charge in [0.15, 0.2) is 0 Å². The molecule has 78 valence electrons. The SMILES string of the molecule is Cn1cncc1COc1cccc(Br)c1. The van der Waals surface area contributed by atoms with Crippen LogP contribution in [0.3, 0.4) is 0 Å². The Morgan fingerprint density at radius 2 is 2.33 bits per heavy atom. The molecule has 0 amide bonds. The van der Waals surface area contributed by atoms with Crippen LogP contribution >= 0.6 is 15.9 Å². The van der Waals surface area contributed by atoms with Gasteiger partial charge in [-0.15, -0.1) is 0 Å². The van der Waals surface area contributed by atoms with Gasteiger partial charge in [0, 0.05) is 11.5 Å². The summed E-state index contributed by atoms with van der Waals surface area (Å²) in [6, 6.07) is 7.79. The zero-order chi connectivity index (χ0) is 10.7. The van der Waals surface area contributed by atoms with Crippen molar-refractivity contribution in [2.75, 3.05) is 0 Å². The number of ether oxygens (including phenoxy) is 1. The minimum atomic E-state index is 0.535. The van der Waals surface area contributed by atoms with E-state index in [9.17, 15) is 0 Å². The van der Waals surface area contributed by atoms with E-state index in [4.69, 9.17) is 4.74 Å². The summed E-state index contributed by atoms with van der Waals surface area (Å²) in [5, 5.41) is 0. The van der Waals surface area contributed by atoms with Gasteiger partial charge in [0.2, 0.25) is 0 Å². The van der Waals surface area contributed by atoms with Crippen LogP contribution in [-0.4, -0.2) is 9.55 Å². The first-order valence-corrected chi connectivity index (χ1v) is 5.38. The summed E-state index contributed by atoms with van der Waals surface area (Å²) in [7, 11) is 1.95. The molecule has 0 atom stereocenters. The van der Waals surface area contributed by atoms with E-state index in [0.29, 0.717) is 6.61 Å². The number of halogens is 1. The summed E-state index contributed by atoms with van der Waals surface area (Å²) in [4.78, 5) is 4.03. The van der Waals surface area contributed by atoms with Crippen LogP contribution in [0.15, 0.2) is 41.3 Å². The number of aromatic nitrogens is 2. The Kier molecular flexibility index (Phi) is 3.06. The van der Waals surface area contributed by atoms with Gasteiger partial charge < -0.3 is 9.30 Å². The molecule has 2 aromatic rings. The average molecular weight is 267 g/mol. The summed E-state index contributed by atoms with van der Waals surface area (Å²) in [6.07, 6.45) is 3.57. The highest BCUT2D eigenvalue weighted by atomic mass is 79.9. The van der Waals surface area contributed by atoms with Gasteiger partial charge in [-0.2, -0.15) is 0 Å². The third-order valence-corrected chi connectivity index (χ3v) is 2.59. The molecule has 0 radical (unpaired) electrons. The van der Waals surface area contributed by atoms with E-state index >= 15 is 0 Å². The highest BCUT2D eigenvalue weighted by Crippen LogP contribution is 2.18. The molecule has 1 aromatic carbocycles. The Bertz CT molecular complexity index is 453. The lowest BCUT2D eigenvalue weighted by Crippen LogP contribution is -2.00. The van der Waals surface area contributed by atoms with Crippen molar-refractivity contribution in [3.05, 3.63) is 47.0 Å². The molecule has 1 aromatic heterocycles. The molecule has 15 heavy (non-hydrogen) atoms. The molecule has 1 heterocycles. The molecular formula is C11H11BrN2O. The van der Waals surface area contributed by atoms with Gasteiger partial charge in [0.25, 0.3) is 0 Å². The normalized spacial score (nSPS) is 10.3.